The number of rotatable bonds is 14. The maximum absolute atomic E-state index is 14.8. The summed E-state index contributed by atoms with van der Waals surface area (Å²) in [6.45, 7) is 5.47. The molecular weight excluding hydrogens is 729 g/mol. The highest BCUT2D eigenvalue weighted by Gasteiger charge is 2.56. The molecule has 1 aromatic carbocycles. The summed E-state index contributed by atoms with van der Waals surface area (Å²) in [4.78, 5) is 23.0. The molecule has 9 unspecified atom stereocenters. The second-order valence-electron chi connectivity index (χ2n) is 16.0. The largest absolute Gasteiger partial charge is 0.507 e. The SMILES string of the molecule is CC#Cc1ccc(-c2ccc(C(=O)C3CCC(C(Cc4cc(O)c5c(c4)NC(C(C)O)C=C5)NC(N)=NC)CC34CC(CCCCC)C(C(O)CO)C4)s2)s1. The van der Waals surface area contributed by atoms with E-state index in [4.69, 9.17) is 5.73 Å². The molecule has 1 spiro atoms. The topological polar surface area (TPSA) is 160 Å². The summed E-state index contributed by atoms with van der Waals surface area (Å²) >= 11 is 3.19. The lowest BCUT2D eigenvalue weighted by Crippen LogP contribution is -2.50. The van der Waals surface area contributed by atoms with Gasteiger partial charge in [-0.15, -0.1) is 28.6 Å². The Labute approximate surface area is 334 Å². The molecule has 11 heteroatoms. The molecule has 8 N–H and O–H groups in total. The number of hydrogen-bond acceptors (Lipinski definition) is 9. The summed E-state index contributed by atoms with van der Waals surface area (Å²) in [5.41, 5.74) is 8.39. The molecule has 0 radical (unpaired) electrons. The number of aliphatic hydroxyl groups is 3. The molecule has 9 nitrogen and oxygen atoms in total. The number of thiophene rings is 2. The van der Waals surface area contributed by atoms with Gasteiger partial charge in [0.2, 0.25) is 0 Å². The number of phenolic OH excluding ortho intramolecular Hbond substituents is 1. The van der Waals surface area contributed by atoms with Crippen LogP contribution in [0, 0.1) is 40.9 Å². The van der Waals surface area contributed by atoms with Crippen molar-refractivity contribution in [2.45, 2.75) is 109 Å². The first-order valence-electron chi connectivity index (χ1n) is 19.9. The quantitative estimate of drug-likeness (QED) is 0.0292. The van der Waals surface area contributed by atoms with Gasteiger partial charge in [-0.05, 0) is 118 Å². The van der Waals surface area contributed by atoms with Crippen LogP contribution in [0.4, 0.5) is 5.69 Å². The Morgan fingerprint density at radius 2 is 1.89 bits per heavy atom. The highest BCUT2D eigenvalue weighted by molar-refractivity contribution is 7.23. The first kappa shape index (κ1) is 41.0. The van der Waals surface area contributed by atoms with Crippen LogP contribution in [0.15, 0.2) is 47.5 Å². The number of unbranched alkanes of at least 4 members (excludes halogenated alkanes) is 2. The van der Waals surface area contributed by atoms with Crippen LogP contribution in [0.1, 0.15) is 104 Å². The second kappa shape index (κ2) is 18.1. The van der Waals surface area contributed by atoms with Gasteiger partial charge in [-0.1, -0.05) is 50.7 Å². The summed E-state index contributed by atoms with van der Waals surface area (Å²) < 4.78 is 0. The van der Waals surface area contributed by atoms with Crippen molar-refractivity contribution in [3.63, 3.8) is 0 Å². The number of phenols is 1. The van der Waals surface area contributed by atoms with Crippen molar-refractivity contribution in [2.75, 3.05) is 19.0 Å². The maximum atomic E-state index is 14.8. The minimum atomic E-state index is -0.836. The summed E-state index contributed by atoms with van der Waals surface area (Å²) in [5.74, 6) is 6.80. The summed E-state index contributed by atoms with van der Waals surface area (Å²) in [6, 6.07) is 11.6. The van der Waals surface area contributed by atoms with Crippen molar-refractivity contribution in [3.8, 4) is 27.3 Å². The van der Waals surface area contributed by atoms with Crippen LogP contribution in [-0.4, -0.2) is 70.1 Å². The van der Waals surface area contributed by atoms with Gasteiger partial charge in [0.1, 0.15) is 5.75 Å². The number of carbonyl (C=O) groups excluding carboxylic acids is 1. The molecule has 0 amide bonds. The van der Waals surface area contributed by atoms with E-state index in [1.54, 1.807) is 42.7 Å². The van der Waals surface area contributed by atoms with Crippen molar-refractivity contribution >= 4 is 46.2 Å². The lowest BCUT2D eigenvalue weighted by atomic mass is 9.58. The number of anilines is 1. The predicted molar refractivity (Wildman–Crippen MR) is 226 cm³/mol. The van der Waals surface area contributed by atoms with Gasteiger partial charge in [0.25, 0.3) is 0 Å². The molecule has 296 valence electrons. The number of fused-ring (bicyclic) bond motifs is 1. The van der Waals surface area contributed by atoms with Gasteiger partial charge in [0, 0.05) is 40.0 Å². The van der Waals surface area contributed by atoms with E-state index in [9.17, 15) is 25.2 Å². The first-order chi connectivity index (χ1) is 26.5. The lowest BCUT2D eigenvalue weighted by molar-refractivity contribution is 0.0149. The number of nitrogens with one attached hydrogen (secondary N) is 2. The molecule has 3 aromatic rings. The number of aliphatic imine (C=N–C) groups is 1. The van der Waals surface area contributed by atoms with E-state index in [1.807, 2.05) is 37.3 Å². The van der Waals surface area contributed by atoms with Crippen LogP contribution in [0.3, 0.4) is 0 Å². The fourth-order valence-electron chi connectivity index (χ4n) is 9.71. The Morgan fingerprint density at radius 3 is 2.62 bits per heavy atom. The van der Waals surface area contributed by atoms with E-state index < -0.39 is 12.2 Å². The monoisotopic (exact) mass is 786 g/mol. The third-order valence-electron chi connectivity index (χ3n) is 12.4. The molecular formula is C44H58N4O5S2. The number of ketones is 1. The van der Waals surface area contributed by atoms with E-state index in [-0.39, 0.29) is 59.3 Å². The molecule has 55 heavy (non-hydrogen) atoms. The van der Waals surface area contributed by atoms with Crippen molar-refractivity contribution in [1.82, 2.24) is 5.32 Å². The summed E-state index contributed by atoms with van der Waals surface area (Å²) in [7, 11) is 1.66. The van der Waals surface area contributed by atoms with Gasteiger partial charge < -0.3 is 36.8 Å². The molecule has 2 aromatic heterocycles. The number of hydrogen-bond donors (Lipinski definition) is 7. The third kappa shape index (κ3) is 9.16. The average molecular weight is 787 g/mol. The normalized spacial score (nSPS) is 26.5. The number of carbonyl (C=O) groups is 1. The van der Waals surface area contributed by atoms with Crippen molar-refractivity contribution in [1.29, 1.82) is 0 Å². The van der Waals surface area contributed by atoms with Crippen LogP contribution in [-0.2, 0) is 6.42 Å². The zero-order chi connectivity index (χ0) is 39.3. The van der Waals surface area contributed by atoms with Gasteiger partial charge in [-0.3, -0.25) is 9.79 Å². The van der Waals surface area contributed by atoms with Crippen molar-refractivity contribution in [3.05, 3.63) is 63.4 Å². The Morgan fingerprint density at radius 1 is 1.11 bits per heavy atom. The minimum Gasteiger partial charge on any atom is -0.507 e. The van der Waals surface area contributed by atoms with Gasteiger partial charge in [-0.2, -0.15) is 0 Å². The van der Waals surface area contributed by atoms with Gasteiger partial charge in [0.05, 0.1) is 34.6 Å². The molecule has 9 atom stereocenters. The minimum absolute atomic E-state index is 0.0914. The predicted octanol–water partition coefficient (Wildman–Crippen LogP) is 7.43. The third-order valence-corrected chi connectivity index (χ3v) is 14.7. The average Bonchev–Trinajstić information content (AvgIpc) is 3.94. The van der Waals surface area contributed by atoms with E-state index >= 15 is 0 Å². The molecule has 3 heterocycles. The van der Waals surface area contributed by atoms with E-state index in [1.165, 1.54) is 0 Å². The number of guanidine groups is 1. The zero-order valence-electron chi connectivity index (χ0n) is 32.6. The molecule has 0 bridgehead atoms. The maximum Gasteiger partial charge on any atom is 0.188 e. The van der Waals surface area contributed by atoms with Crippen LogP contribution in [0.25, 0.3) is 15.8 Å². The van der Waals surface area contributed by atoms with Crippen LogP contribution >= 0.6 is 22.7 Å². The van der Waals surface area contributed by atoms with Crippen LogP contribution in [0.5, 0.6) is 5.75 Å². The summed E-state index contributed by atoms with van der Waals surface area (Å²) in [5, 5.41) is 49.8. The van der Waals surface area contributed by atoms with Crippen LogP contribution in [0.2, 0.25) is 0 Å². The molecule has 2 saturated carbocycles. The van der Waals surface area contributed by atoms with Gasteiger partial charge in [-0.25, -0.2) is 0 Å². The fraction of sp³-hybridized carbons (Fsp3) is 0.545. The molecule has 2 fully saturated rings. The number of aromatic hydroxyl groups is 1. The Balaban J connectivity index is 1.33. The van der Waals surface area contributed by atoms with Crippen LogP contribution < -0.4 is 16.4 Å². The van der Waals surface area contributed by atoms with E-state index in [0.29, 0.717) is 30.8 Å². The van der Waals surface area contributed by atoms with Gasteiger partial charge >= 0.3 is 0 Å². The molecule has 2 aliphatic carbocycles. The zero-order valence-corrected chi connectivity index (χ0v) is 34.2. The van der Waals surface area contributed by atoms with Gasteiger partial charge in [0.15, 0.2) is 11.7 Å². The van der Waals surface area contributed by atoms with E-state index in [0.717, 1.165) is 75.7 Å². The standard InChI is InChI=1S/C44H58N4O5S2/c1-5-7-8-10-28-22-44(24-32(28)38(52)25-49)23-29(11-14-33(44)42(53)41-18-17-40(55-41)39-16-12-30(54-39)9-6-2)35(48-43(45)46-4)19-27-20-36-31(37(51)21-27)13-15-34(47-36)26(3)50/h12-13,15-18,20-21,26,28-29,32-35,38,47,49-52H,5,7-8,10-11,14,19,22-25H2,1-4H3,(H3,45,46,48). The molecule has 1 aliphatic heterocycles. The summed E-state index contributed by atoms with van der Waals surface area (Å²) in [6.07, 6.45) is 10.8. The molecule has 0 saturated heterocycles. The Bertz CT molecular complexity index is 1920. The molecule has 6 rings (SSSR count). The van der Waals surface area contributed by atoms with E-state index in [2.05, 4.69) is 46.5 Å². The highest BCUT2D eigenvalue weighted by atomic mass is 32.1. The number of Topliss-reactive ketones (excluding diaryl/α,β-unsaturated/α-hetero) is 1. The Hall–Kier alpha value is -3.66. The smallest absolute Gasteiger partial charge is 0.188 e. The second-order valence-corrected chi connectivity index (χ2v) is 18.2. The number of nitrogens with two attached hydrogens (primary N) is 1. The number of benzene rings is 1. The van der Waals surface area contributed by atoms with Crippen molar-refractivity contribution in [2.24, 2.45) is 39.8 Å². The van der Waals surface area contributed by atoms with Crippen molar-refractivity contribution < 1.29 is 25.2 Å². The lowest BCUT2D eigenvalue weighted by Gasteiger charge is -2.47. The number of nitrogens with zero attached hydrogens (tertiary/aromatic N) is 1. The highest BCUT2D eigenvalue weighted by Crippen LogP contribution is 2.61. The fourth-order valence-corrected chi connectivity index (χ4v) is 11.7. The number of aliphatic hydroxyl groups excluding tert-OH is 3. The molecule has 3 aliphatic rings. The Kier molecular flexibility index (Phi) is 13.5. The first-order valence-corrected chi connectivity index (χ1v) is 21.6.